The van der Waals surface area contributed by atoms with Crippen LogP contribution in [0, 0.1) is 0 Å². The van der Waals surface area contributed by atoms with Crippen LogP contribution in [0.15, 0.2) is 97.1 Å². The number of rotatable bonds is 5. The van der Waals surface area contributed by atoms with E-state index in [9.17, 15) is 61.3 Å². The number of ether oxygens (including phenoxy) is 3. The van der Waals surface area contributed by atoms with E-state index in [1.54, 1.807) is 0 Å². The highest BCUT2D eigenvalue weighted by atomic mass is 16.5. The van der Waals surface area contributed by atoms with Crippen LogP contribution in [0.5, 0.6) is 69.0 Å². The fourth-order valence-electron chi connectivity index (χ4n) is 8.78. The van der Waals surface area contributed by atoms with Crippen LogP contribution in [-0.4, -0.2) is 79.6 Å². The minimum absolute atomic E-state index is 0.0473. The first kappa shape index (κ1) is 38.3. The topological polar surface area (TPSA) is 270 Å². The second-order valence-corrected chi connectivity index (χ2v) is 15.2. The maximum atomic E-state index is 12.5. The lowest BCUT2D eigenvalue weighted by molar-refractivity contribution is -0.00554. The summed E-state index contributed by atoms with van der Waals surface area (Å²) >= 11 is 0. The molecule has 0 amide bonds. The summed E-state index contributed by atoms with van der Waals surface area (Å²) < 4.78 is 19.1. The monoisotopic (exact) mass is 818 g/mol. The van der Waals surface area contributed by atoms with Gasteiger partial charge in [-0.25, -0.2) is 0 Å². The third kappa shape index (κ3) is 6.18. The molecule has 0 bridgehead atoms. The van der Waals surface area contributed by atoms with Crippen molar-refractivity contribution in [1.29, 1.82) is 0 Å². The molecular weight excluding hydrogens is 780 g/mol. The fraction of sp³-hybridized carbons (Fsp3) is 0.200. The molecule has 15 nitrogen and oxygen atoms in total. The smallest absolute Gasteiger partial charge is 0.150 e. The van der Waals surface area contributed by atoms with E-state index < -0.39 is 83.0 Å². The Morgan fingerprint density at radius 1 is 0.383 bits per heavy atom. The molecule has 0 aromatic heterocycles. The molecule has 0 aliphatic carbocycles. The third-order valence-electron chi connectivity index (χ3n) is 11.5. The Morgan fingerprint density at radius 2 is 0.783 bits per heavy atom. The quantitative estimate of drug-likeness (QED) is 0.105. The summed E-state index contributed by atoms with van der Waals surface area (Å²) in [5, 5.41) is 135. The van der Waals surface area contributed by atoms with E-state index in [0.29, 0.717) is 11.1 Å². The SMILES string of the molecule is Oc1ccc(C2Oc3c(c(O)cc(O)c3C3c4c(O)cc(O)c(C5c6c(O)cc(O)cc6OC(c6ccc(O)cc6)C5O)c4OC(c4ccc(O)cc4)C3O)CC2O)cc1. The van der Waals surface area contributed by atoms with Gasteiger partial charge in [0.25, 0.3) is 0 Å². The standard InChI is InChI=1S/C45H38O15/c46-21-7-1-18(2-8-21)41-31(55)15-25-26(50)16-28(52)34(44(25)59-41)38-36-30(54)17-29(53)35(45(36)60-43(40(38)57)20-5-11-23(48)12-6-20)37-33-27(51)13-24(49)14-32(33)58-42(39(37)56)19-3-9-22(47)10-4-19/h1-14,16-17,31,37-43,46-57H,15H2. The molecule has 60 heavy (non-hydrogen) atoms. The molecule has 0 radical (unpaired) electrons. The van der Waals surface area contributed by atoms with Crippen molar-refractivity contribution < 1.29 is 75.5 Å². The fourth-order valence-corrected chi connectivity index (χ4v) is 8.78. The Bertz CT molecular complexity index is 2630. The Kier molecular flexibility index (Phi) is 9.11. The third-order valence-corrected chi connectivity index (χ3v) is 11.5. The first-order valence-electron chi connectivity index (χ1n) is 18.8. The molecule has 0 fully saturated rings. The van der Waals surface area contributed by atoms with Crippen molar-refractivity contribution in [3.05, 3.63) is 142 Å². The van der Waals surface area contributed by atoms with Crippen LogP contribution in [0.4, 0.5) is 0 Å². The van der Waals surface area contributed by atoms with Crippen molar-refractivity contribution in [2.45, 2.75) is 54.9 Å². The van der Waals surface area contributed by atoms with E-state index in [-0.39, 0.29) is 74.3 Å². The number of phenolic OH excluding ortho intramolecular Hbond substituents is 9. The van der Waals surface area contributed by atoms with Gasteiger partial charge in [0.2, 0.25) is 0 Å². The zero-order chi connectivity index (χ0) is 42.3. The molecule has 8 atom stereocenters. The van der Waals surface area contributed by atoms with Gasteiger partial charge >= 0.3 is 0 Å². The molecule has 308 valence electrons. The molecule has 12 N–H and O–H groups in total. The highest BCUT2D eigenvalue weighted by Gasteiger charge is 2.50. The summed E-state index contributed by atoms with van der Waals surface area (Å²) in [4.78, 5) is 0. The van der Waals surface area contributed by atoms with E-state index in [1.165, 1.54) is 78.9 Å². The largest absolute Gasteiger partial charge is 0.508 e. The number of benzene rings is 6. The van der Waals surface area contributed by atoms with Crippen LogP contribution < -0.4 is 14.2 Å². The van der Waals surface area contributed by atoms with Gasteiger partial charge in [0.05, 0.1) is 17.9 Å². The maximum absolute atomic E-state index is 12.5. The summed E-state index contributed by atoms with van der Waals surface area (Å²) in [6.07, 6.45) is -8.59. The Labute approximate surface area is 340 Å². The Balaban J connectivity index is 1.30. The average Bonchev–Trinajstić information content (AvgIpc) is 3.20. The van der Waals surface area contributed by atoms with Crippen molar-refractivity contribution in [3.63, 3.8) is 0 Å². The minimum atomic E-state index is -1.71. The van der Waals surface area contributed by atoms with E-state index in [4.69, 9.17) is 14.2 Å². The number of hydrogen-bond donors (Lipinski definition) is 12. The van der Waals surface area contributed by atoms with Gasteiger partial charge in [0, 0.05) is 58.5 Å². The predicted molar refractivity (Wildman–Crippen MR) is 209 cm³/mol. The van der Waals surface area contributed by atoms with E-state index in [1.807, 2.05) is 0 Å². The van der Waals surface area contributed by atoms with Crippen LogP contribution in [0.2, 0.25) is 0 Å². The van der Waals surface area contributed by atoms with Gasteiger partial charge < -0.3 is 75.5 Å². The first-order valence-corrected chi connectivity index (χ1v) is 18.8. The molecule has 0 saturated heterocycles. The van der Waals surface area contributed by atoms with Crippen LogP contribution in [0.25, 0.3) is 0 Å². The van der Waals surface area contributed by atoms with Crippen LogP contribution in [-0.2, 0) is 6.42 Å². The number of aliphatic hydroxyl groups is 3. The van der Waals surface area contributed by atoms with Gasteiger partial charge in [-0.2, -0.15) is 0 Å². The molecule has 8 unspecified atom stereocenters. The van der Waals surface area contributed by atoms with Crippen molar-refractivity contribution in [1.82, 2.24) is 0 Å². The lowest BCUT2D eigenvalue weighted by atomic mass is 9.73. The second-order valence-electron chi connectivity index (χ2n) is 15.2. The zero-order valence-corrected chi connectivity index (χ0v) is 31.2. The van der Waals surface area contributed by atoms with Gasteiger partial charge in [0.15, 0.2) is 12.2 Å². The predicted octanol–water partition coefficient (Wildman–Crippen LogP) is 5.33. The molecule has 15 heteroatoms. The molecular formula is C45H38O15. The highest BCUT2D eigenvalue weighted by molar-refractivity contribution is 5.70. The van der Waals surface area contributed by atoms with E-state index in [2.05, 4.69) is 0 Å². The number of aromatic hydroxyl groups is 9. The van der Waals surface area contributed by atoms with Crippen LogP contribution in [0.1, 0.15) is 74.7 Å². The first-order chi connectivity index (χ1) is 28.7. The lowest BCUT2D eigenvalue weighted by Gasteiger charge is -2.43. The molecule has 6 aromatic rings. The summed E-state index contributed by atoms with van der Waals surface area (Å²) in [5.74, 6) is -7.04. The molecule has 3 heterocycles. The maximum Gasteiger partial charge on any atom is 0.150 e. The van der Waals surface area contributed by atoms with E-state index in [0.717, 1.165) is 18.2 Å². The average molecular weight is 819 g/mol. The minimum Gasteiger partial charge on any atom is -0.508 e. The van der Waals surface area contributed by atoms with Gasteiger partial charge in [-0.15, -0.1) is 0 Å². The summed E-state index contributed by atoms with van der Waals surface area (Å²) in [6, 6.07) is 21.3. The molecule has 0 spiro atoms. The Hall–Kier alpha value is -7.20. The highest BCUT2D eigenvalue weighted by Crippen LogP contribution is 2.62. The van der Waals surface area contributed by atoms with Gasteiger partial charge in [-0.05, 0) is 53.1 Å². The van der Waals surface area contributed by atoms with Crippen molar-refractivity contribution in [3.8, 4) is 69.0 Å². The van der Waals surface area contributed by atoms with Gasteiger partial charge in [0.1, 0.15) is 87.3 Å². The van der Waals surface area contributed by atoms with E-state index >= 15 is 0 Å². The molecule has 9 rings (SSSR count). The van der Waals surface area contributed by atoms with Gasteiger partial charge in [-0.1, -0.05) is 36.4 Å². The lowest BCUT2D eigenvalue weighted by Crippen LogP contribution is -2.39. The Morgan fingerprint density at radius 3 is 1.30 bits per heavy atom. The number of fused-ring (bicyclic) bond motifs is 3. The zero-order valence-electron chi connectivity index (χ0n) is 31.2. The molecule has 3 aliphatic rings. The van der Waals surface area contributed by atoms with Gasteiger partial charge in [-0.3, -0.25) is 0 Å². The molecule has 3 aliphatic heterocycles. The summed E-state index contributed by atoms with van der Waals surface area (Å²) in [6.45, 7) is 0. The van der Waals surface area contributed by atoms with Crippen molar-refractivity contribution in [2.24, 2.45) is 0 Å². The molecule has 0 saturated carbocycles. The second kappa shape index (κ2) is 14.3. The normalized spacial score (nSPS) is 24.2. The summed E-state index contributed by atoms with van der Waals surface area (Å²) in [7, 11) is 0. The van der Waals surface area contributed by atoms with Crippen LogP contribution in [0.3, 0.4) is 0 Å². The molecule has 6 aromatic carbocycles. The number of hydrogen-bond acceptors (Lipinski definition) is 15. The summed E-state index contributed by atoms with van der Waals surface area (Å²) in [5.41, 5.74) is 0.424. The number of phenols is 9. The van der Waals surface area contributed by atoms with Crippen molar-refractivity contribution in [2.75, 3.05) is 0 Å². The van der Waals surface area contributed by atoms with Crippen LogP contribution >= 0.6 is 0 Å². The van der Waals surface area contributed by atoms with Crippen molar-refractivity contribution >= 4 is 0 Å². The number of aliphatic hydroxyl groups excluding tert-OH is 3.